The van der Waals surface area contributed by atoms with Crippen LogP contribution in [0.4, 0.5) is 4.79 Å². The summed E-state index contributed by atoms with van der Waals surface area (Å²) in [5.74, 6) is 0.247. The highest BCUT2D eigenvalue weighted by Crippen LogP contribution is 2.14. The van der Waals surface area contributed by atoms with E-state index >= 15 is 0 Å². The van der Waals surface area contributed by atoms with Crippen LogP contribution in [0.15, 0.2) is 30.3 Å². The molecule has 0 fully saturated rings. The van der Waals surface area contributed by atoms with Crippen LogP contribution in [0.5, 0.6) is 0 Å². The molecule has 0 aromatic heterocycles. The summed E-state index contributed by atoms with van der Waals surface area (Å²) in [6.07, 6.45) is 33.3. The third-order valence-corrected chi connectivity index (χ3v) is 8.86. The van der Waals surface area contributed by atoms with E-state index in [1.165, 1.54) is 140 Å². The van der Waals surface area contributed by atoms with Crippen molar-refractivity contribution < 1.29 is 9.59 Å². The molecule has 0 saturated heterocycles. The molecule has 0 heterocycles. The molecule has 5 heteroatoms. The van der Waals surface area contributed by atoms with Crippen molar-refractivity contribution in [1.82, 2.24) is 15.5 Å². The highest BCUT2D eigenvalue weighted by Gasteiger charge is 2.08. The molecule has 1 aromatic carbocycles. The van der Waals surface area contributed by atoms with Crippen molar-refractivity contribution in [3.63, 3.8) is 0 Å². The Morgan fingerprint density at radius 3 is 1.30 bits per heavy atom. The van der Waals surface area contributed by atoms with E-state index in [9.17, 15) is 9.59 Å². The van der Waals surface area contributed by atoms with Crippen LogP contribution in [0.25, 0.3) is 0 Å². The van der Waals surface area contributed by atoms with Gasteiger partial charge in [-0.1, -0.05) is 179 Å². The van der Waals surface area contributed by atoms with Gasteiger partial charge < -0.3 is 15.5 Å². The smallest absolute Gasteiger partial charge is 0.314 e. The van der Waals surface area contributed by atoms with E-state index in [0.29, 0.717) is 13.0 Å². The Hall–Kier alpha value is -2.04. The number of carbonyl (C=O) groups excluding carboxylic acids is 2. The van der Waals surface area contributed by atoms with E-state index in [4.69, 9.17) is 0 Å². The third-order valence-electron chi connectivity index (χ3n) is 8.86. The largest absolute Gasteiger partial charge is 0.341 e. The van der Waals surface area contributed by atoms with Crippen LogP contribution >= 0.6 is 0 Å². The van der Waals surface area contributed by atoms with Gasteiger partial charge in [0.05, 0.1) is 0 Å². The second-order valence-electron chi connectivity index (χ2n) is 13.2. The monoisotopic (exact) mass is 614 g/mol. The topological polar surface area (TPSA) is 61.4 Å². The Bertz CT molecular complexity index is 770. The normalized spacial score (nSPS) is 11.0. The van der Waals surface area contributed by atoms with Crippen molar-refractivity contribution >= 4 is 11.9 Å². The quantitative estimate of drug-likeness (QED) is 0.0818. The fraction of sp³-hybridized carbons (Fsp3) is 0.795. The lowest BCUT2D eigenvalue weighted by Crippen LogP contribution is -2.36. The number of amides is 3. The summed E-state index contributed by atoms with van der Waals surface area (Å²) in [5, 5.41) is 6.03. The first-order chi connectivity index (χ1) is 21.6. The lowest BCUT2D eigenvalue weighted by molar-refractivity contribution is -0.130. The number of hydrogen-bond donors (Lipinski definition) is 2. The molecule has 2 N–H and O–H groups in total. The van der Waals surface area contributed by atoms with Gasteiger partial charge in [-0.3, -0.25) is 4.79 Å². The van der Waals surface area contributed by atoms with Gasteiger partial charge in [0, 0.05) is 33.1 Å². The third kappa shape index (κ3) is 26.4. The average molecular weight is 614 g/mol. The number of hydrogen-bond acceptors (Lipinski definition) is 2. The summed E-state index contributed by atoms with van der Waals surface area (Å²) in [6, 6.07) is 10.2. The van der Waals surface area contributed by atoms with Gasteiger partial charge in [0.2, 0.25) is 5.91 Å². The molecular weight excluding hydrogens is 542 g/mol. The van der Waals surface area contributed by atoms with Crippen LogP contribution in [0.2, 0.25) is 0 Å². The number of carbonyl (C=O) groups is 2. The minimum atomic E-state index is -0.00398. The fourth-order valence-electron chi connectivity index (χ4n) is 5.91. The molecule has 0 radical (unpaired) electrons. The van der Waals surface area contributed by atoms with E-state index in [0.717, 1.165) is 38.8 Å². The lowest BCUT2D eigenvalue weighted by Gasteiger charge is -2.17. The van der Waals surface area contributed by atoms with Gasteiger partial charge in [0.25, 0.3) is 0 Å². The number of benzene rings is 1. The molecule has 254 valence electrons. The molecule has 3 amide bonds. The minimum Gasteiger partial charge on any atom is -0.341 e. The number of rotatable bonds is 31. The van der Waals surface area contributed by atoms with Gasteiger partial charge in [0.1, 0.15) is 0 Å². The summed E-state index contributed by atoms with van der Waals surface area (Å²) < 4.78 is 0. The first-order valence-electron chi connectivity index (χ1n) is 18.9. The highest BCUT2D eigenvalue weighted by molar-refractivity contribution is 5.75. The molecule has 1 aromatic rings. The zero-order valence-corrected chi connectivity index (χ0v) is 29.2. The maximum absolute atomic E-state index is 12.3. The SMILES string of the molecule is CCCCCCCCCCCCCCCCCCNC(=O)NCCCCCCCCCCCC(=O)N(C)Cc1ccccc1. The Morgan fingerprint density at radius 1 is 0.523 bits per heavy atom. The van der Waals surface area contributed by atoms with Crippen LogP contribution < -0.4 is 10.6 Å². The van der Waals surface area contributed by atoms with Gasteiger partial charge >= 0.3 is 6.03 Å². The molecule has 5 nitrogen and oxygen atoms in total. The molecule has 0 aliphatic carbocycles. The molecule has 0 saturated carbocycles. The Kier molecular flexibility index (Phi) is 28.1. The van der Waals surface area contributed by atoms with Gasteiger partial charge in [-0.2, -0.15) is 0 Å². The molecule has 0 atom stereocenters. The van der Waals surface area contributed by atoms with Crippen molar-refractivity contribution in [2.75, 3.05) is 20.1 Å². The van der Waals surface area contributed by atoms with Crippen LogP contribution in [0.3, 0.4) is 0 Å². The van der Waals surface area contributed by atoms with Crippen molar-refractivity contribution in [1.29, 1.82) is 0 Å². The summed E-state index contributed by atoms with van der Waals surface area (Å²) >= 11 is 0. The second-order valence-corrected chi connectivity index (χ2v) is 13.2. The Labute approximate surface area is 273 Å². The lowest BCUT2D eigenvalue weighted by atomic mass is 10.0. The van der Waals surface area contributed by atoms with E-state index in [-0.39, 0.29) is 11.9 Å². The fourth-order valence-corrected chi connectivity index (χ4v) is 5.91. The zero-order chi connectivity index (χ0) is 31.8. The molecule has 0 bridgehead atoms. The molecular formula is C39H71N3O2. The predicted molar refractivity (Wildman–Crippen MR) is 190 cm³/mol. The summed E-state index contributed by atoms with van der Waals surface area (Å²) in [6.45, 7) is 4.55. The molecule has 0 unspecified atom stereocenters. The number of nitrogens with zero attached hydrogens (tertiary/aromatic N) is 1. The molecule has 0 aliphatic rings. The molecule has 0 aliphatic heterocycles. The van der Waals surface area contributed by atoms with Crippen molar-refractivity contribution in [3.8, 4) is 0 Å². The summed E-state index contributed by atoms with van der Waals surface area (Å²) in [7, 11) is 1.90. The number of nitrogens with one attached hydrogen (secondary N) is 2. The van der Waals surface area contributed by atoms with Crippen LogP contribution in [0, 0.1) is 0 Å². The van der Waals surface area contributed by atoms with Crippen LogP contribution in [-0.4, -0.2) is 37.0 Å². The van der Waals surface area contributed by atoms with E-state index in [2.05, 4.69) is 29.7 Å². The van der Waals surface area contributed by atoms with Crippen molar-refractivity contribution in [2.24, 2.45) is 0 Å². The van der Waals surface area contributed by atoms with Gasteiger partial charge in [-0.05, 0) is 24.8 Å². The Morgan fingerprint density at radius 2 is 0.886 bits per heavy atom. The summed E-state index contributed by atoms with van der Waals surface area (Å²) in [5.41, 5.74) is 1.18. The Balaban J connectivity index is 1.74. The van der Waals surface area contributed by atoms with Crippen LogP contribution in [-0.2, 0) is 11.3 Å². The van der Waals surface area contributed by atoms with Gasteiger partial charge in [-0.15, -0.1) is 0 Å². The second kappa shape index (κ2) is 31.0. The maximum Gasteiger partial charge on any atom is 0.314 e. The predicted octanol–water partition coefficient (Wildman–Crippen LogP) is 11.1. The average Bonchev–Trinajstić information content (AvgIpc) is 3.03. The molecule has 0 spiro atoms. The van der Waals surface area contributed by atoms with Gasteiger partial charge in [0.15, 0.2) is 0 Å². The first kappa shape index (κ1) is 40.0. The first-order valence-corrected chi connectivity index (χ1v) is 18.9. The highest BCUT2D eigenvalue weighted by atomic mass is 16.2. The minimum absolute atomic E-state index is 0.00398. The maximum atomic E-state index is 12.3. The molecule has 44 heavy (non-hydrogen) atoms. The van der Waals surface area contributed by atoms with Gasteiger partial charge in [-0.25, -0.2) is 4.79 Å². The van der Waals surface area contributed by atoms with Crippen molar-refractivity contribution in [2.45, 2.75) is 180 Å². The van der Waals surface area contributed by atoms with Crippen LogP contribution in [0.1, 0.15) is 179 Å². The standard InChI is InChI=1S/C39H71N3O2/c1-3-4-5-6-7-8-9-10-11-12-13-14-17-20-23-29-34-40-39(44)41-35-30-24-21-18-15-16-19-22-28-33-38(43)42(2)36-37-31-26-25-27-32-37/h25-27,31-32H,3-24,28-30,33-36H2,1-2H3,(H2,40,41,44). The molecule has 1 rings (SSSR count). The van der Waals surface area contributed by atoms with Crippen molar-refractivity contribution in [3.05, 3.63) is 35.9 Å². The number of urea groups is 1. The zero-order valence-electron chi connectivity index (χ0n) is 29.2. The summed E-state index contributed by atoms with van der Waals surface area (Å²) in [4.78, 5) is 26.1. The van der Waals surface area contributed by atoms with E-state index in [1.807, 2.05) is 30.1 Å². The van der Waals surface area contributed by atoms with E-state index in [1.54, 1.807) is 0 Å². The number of unbranched alkanes of at least 4 members (excludes halogenated alkanes) is 23. The van der Waals surface area contributed by atoms with E-state index < -0.39 is 0 Å².